The Morgan fingerprint density at radius 3 is 0.925 bits per heavy atom. The van der Waals surface area contributed by atoms with Crippen LogP contribution in [0.4, 0.5) is 42.9 Å². The quantitative estimate of drug-likeness (QED) is 0.0951. The molecule has 2 nitrogen and oxygen atoms in total. The number of hydrogen-bond acceptors (Lipinski definition) is 3. The molecule has 17 aromatic rings. The highest BCUT2D eigenvalue weighted by molar-refractivity contribution is 7.25. The van der Waals surface area contributed by atoms with Crippen molar-refractivity contribution in [2.45, 2.75) is 10.8 Å². The fourth-order valence-electron chi connectivity index (χ4n) is 17.1. The second kappa shape index (κ2) is 26.4. The van der Waals surface area contributed by atoms with Gasteiger partial charge in [0.25, 0.3) is 0 Å². The van der Waals surface area contributed by atoms with Gasteiger partial charge in [0.1, 0.15) is 11.6 Å². The third-order valence-electron chi connectivity index (χ3n) is 22.1. The minimum atomic E-state index is -0.650. The minimum Gasteiger partial charge on any atom is -0.310 e. The average Bonchev–Trinajstić information content (AvgIpc) is 1.55. The lowest BCUT2D eigenvalue weighted by Crippen LogP contribution is -2.28. The average molecular weight is 1390 g/mol. The molecule has 16 aromatic carbocycles. The number of benzene rings is 16. The van der Waals surface area contributed by atoms with Gasteiger partial charge >= 0.3 is 0 Å². The number of halogens is 2. The summed E-state index contributed by atoms with van der Waals surface area (Å²) in [7, 11) is 0. The van der Waals surface area contributed by atoms with Gasteiger partial charge in [0.2, 0.25) is 0 Å². The first-order chi connectivity index (χ1) is 52.7. The van der Waals surface area contributed by atoms with Gasteiger partial charge in [-0.1, -0.05) is 292 Å². The van der Waals surface area contributed by atoms with Crippen LogP contribution < -0.4 is 9.80 Å². The Morgan fingerprint density at radius 2 is 0.551 bits per heavy atom. The molecule has 0 fully saturated rings. The largest absolute Gasteiger partial charge is 0.310 e. The van der Waals surface area contributed by atoms with Crippen LogP contribution in [-0.4, -0.2) is 0 Å². The number of nitrogens with zero attached hydrogens (tertiary/aromatic N) is 2. The fourth-order valence-corrected chi connectivity index (χ4v) is 18.3. The van der Waals surface area contributed by atoms with Gasteiger partial charge in [0, 0.05) is 54.3 Å². The van der Waals surface area contributed by atoms with Gasteiger partial charge in [-0.25, -0.2) is 8.78 Å². The summed E-state index contributed by atoms with van der Waals surface area (Å²) in [6.45, 7) is 8.27. The molecule has 2 unspecified atom stereocenters. The Labute approximate surface area is 626 Å². The molecular weight excluding hydrogens is 1320 g/mol. The first kappa shape index (κ1) is 64.5. The van der Waals surface area contributed by atoms with Gasteiger partial charge in [0.05, 0.1) is 10.8 Å². The smallest absolute Gasteiger partial charge is 0.123 e. The van der Waals surface area contributed by atoms with E-state index in [1.165, 1.54) is 102 Å². The summed E-state index contributed by atoms with van der Waals surface area (Å²) in [6.07, 6.45) is 3.83. The van der Waals surface area contributed by atoms with E-state index in [-0.39, 0.29) is 11.6 Å². The zero-order valence-electron chi connectivity index (χ0n) is 58.4. The van der Waals surface area contributed by atoms with Crippen molar-refractivity contribution in [2.24, 2.45) is 0 Å². The molecule has 0 saturated heterocycles. The van der Waals surface area contributed by atoms with Gasteiger partial charge in [0.15, 0.2) is 0 Å². The second-order valence-electron chi connectivity index (χ2n) is 27.8. The molecule has 0 spiro atoms. The van der Waals surface area contributed by atoms with E-state index in [0.717, 1.165) is 99.2 Å². The van der Waals surface area contributed by atoms with Crippen molar-refractivity contribution >= 4 is 77.8 Å². The van der Waals surface area contributed by atoms with Crippen molar-refractivity contribution in [3.05, 3.63) is 457 Å². The predicted molar refractivity (Wildman–Crippen MR) is 445 cm³/mol. The molecule has 19 rings (SSSR count). The third kappa shape index (κ3) is 10.9. The first-order valence-electron chi connectivity index (χ1n) is 36.3. The van der Waals surface area contributed by atoms with E-state index in [0.29, 0.717) is 0 Å². The number of thiophene rings is 1. The third-order valence-corrected chi connectivity index (χ3v) is 23.2. The lowest BCUT2D eigenvalue weighted by atomic mass is 9.67. The van der Waals surface area contributed by atoms with Crippen LogP contribution in [0.2, 0.25) is 0 Å². The van der Waals surface area contributed by atoms with Gasteiger partial charge < -0.3 is 9.80 Å². The van der Waals surface area contributed by atoms with E-state index in [9.17, 15) is 8.78 Å². The lowest BCUT2D eigenvalue weighted by Gasteiger charge is -2.35. The molecule has 0 saturated carbocycles. The Balaban J connectivity index is 0.772. The molecule has 0 bridgehead atoms. The molecule has 0 N–H and O–H groups in total. The van der Waals surface area contributed by atoms with E-state index in [1.54, 1.807) is 0 Å². The summed E-state index contributed by atoms with van der Waals surface area (Å²) in [5, 5.41) is 2.35. The number of rotatable bonds is 16. The Bertz CT molecular complexity index is 5900. The molecule has 107 heavy (non-hydrogen) atoms. The van der Waals surface area contributed by atoms with Crippen molar-refractivity contribution in [2.75, 3.05) is 9.80 Å². The van der Waals surface area contributed by atoms with E-state index < -0.39 is 10.8 Å². The van der Waals surface area contributed by atoms with Crippen molar-refractivity contribution in [1.29, 1.82) is 0 Å². The van der Waals surface area contributed by atoms with Crippen LogP contribution in [0.5, 0.6) is 0 Å². The molecule has 2 aliphatic rings. The van der Waals surface area contributed by atoms with E-state index in [2.05, 4.69) is 351 Å². The lowest BCUT2D eigenvalue weighted by molar-refractivity contribution is 0.627. The van der Waals surface area contributed by atoms with E-state index in [1.807, 2.05) is 47.8 Å². The Hall–Kier alpha value is -13.3. The standard InChI is InChI=1S/C102H68F2N2S/c1-3-67-29-41-79(42-30-67)101(77-21-7-5-8-22-77)95-27-13-11-25-89(95)91-57-53-85(63-97(91)101)105(83-49-37-71(38-50-83)75-19-15-17-73(61-75)69-33-45-81(103)46-34-69)87-55-59-93-94-60-56-88(66-100(94)107-99(93)65-87)106(84-51-39-72(40-52-84)76-20-16-18-74(62-76)70-35-47-82(104)48-36-70)86-54-58-92-90-26-12-14-28-96(90)102(98(92)64-86,78-23-9-6-10-24-78)80-43-31-68(4-2)32-44-80/h3-66H,1-2H2. The molecule has 0 radical (unpaired) electrons. The van der Waals surface area contributed by atoms with Gasteiger partial charge in [-0.3, -0.25) is 0 Å². The van der Waals surface area contributed by atoms with Crippen LogP contribution in [0.1, 0.15) is 55.6 Å². The second-order valence-corrected chi connectivity index (χ2v) is 28.9. The van der Waals surface area contributed by atoms with E-state index in [4.69, 9.17) is 0 Å². The molecule has 0 aliphatic heterocycles. The molecule has 506 valence electrons. The van der Waals surface area contributed by atoms with Crippen molar-refractivity contribution in [3.63, 3.8) is 0 Å². The minimum absolute atomic E-state index is 0.255. The summed E-state index contributed by atoms with van der Waals surface area (Å²) in [5.74, 6) is -0.511. The van der Waals surface area contributed by atoms with Crippen molar-refractivity contribution in [3.8, 4) is 66.8 Å². The summed E-state index contributed by atoms with van der Waals surface area (Å²) in [5.41, 5.74) is 29.7. The summed E-state index contributed by atoms with van der Waals surface area (Å²) < 4.78 is 30.7. The highest BCUT2D eigenvalue weighted by Crippen LogP contribution is 2.60. The van der Waals surface area contributed by atoms with Crippen LogP contribution in [-0.2, 0) is 10.8 Å². The molecule has 2 aliphatic carbocycles. The van der Waals surface area contributed by atoms with Crippen molar-refractivity contribution in [1.82, 2.24) is 0 Å². The van der Waals surface area contributed by atoms with Crippen LogP contribution in [0.25, 0.3) is 99.1 Å². The summed E-state index contributed by atoms with van der Waals surface area (Å²) >= 11 is 1.81. The van der Waals surface area contributed by atoms with Crippen LogP contribution in [0.15, 0.2) is 389 Å². The van der Waals surface area contributed by atoms with Gasteiger partial charge in [-0.2, -0.15) is 0 Å². The Kier molecular flexibility index (Phi) is 15.9. The van der Waals surface area contributed by atoms with E-state index >= 15 is 0 Å². The maximum atomic E-state index is 14.2. The molecule has 5 heteroatoms. The topological polar surface area (TPSA) is 6.48 Å². The van der Waals surface area contributed by atoms with Crippen LogP contribution in [0.3, 0.4) is 0 Å². The first-order valence-corrected chi connectivity index (χ1v) is 37.1. The fraction of sp³-hybridized carbons (Fsp3) is 0.0196. The predicted octanol–water partition coefficient (Wildman–Crippen LogP) is 28.0. The highest BCUT2D eigenvalue weighted by Gasteiger charge is 2.48. The van der Waals surface area contributed by atoms with Crippen LogP contribution >= 0.6 is 11.3 Å². The summed E-state index contributed by atoms with van der Waals surface area (Å²) in [4.78, 5) is 4.85. The monoisotopic (exact) mass is 1390 g/mol. The Morgan fingerprint density at radius 1 is 0.243 bits per heavy atom. The zero-order valence-corrected chi connectivity index (χ0v) is 59.2. The van der Waals surface area contributed by atoms with Gasteiger partial charge in [-0.15, -0.1) is 11.3 Å². The van der Waals surface area contributed by atoms with Crippen molar-refractivity contribution < 1.29 is 8.78 Å². The molecule has 1 aromatic heterocycles. The zero-order chi connectivity index (χ0) is 71.7. The van der Waals surface area contributed by atoms with Gasteiger partial charge in [-0.05, 0) is 232 Å². The SMILES string of the molecule is C=Cc1ccc(C2(c3ccccc3)c3ccccc3-c3ccc(N(c4ccc(-c5cccc(-c6ccc(F)cc6)c5)cc4)c4ccc5c(c4)sc4cc(N(c6ccc(-c7cccc(-c8ccc(F)cc8)c7)cc6)c6ccc7c(c6)C(c6ccccc6)(c6ccc(C=C)cc6)c6ccccc6-7)ccc45)cc32)cc1. The normalized spacial score (nSPS) is 14.6. The molecular formula is C102H68F2N2S. The van der Waals surface area contributed by atoms with Crippen LogP contribution in [0, 0.1) is 11.6 Å². The molecule has 1 heterocycles. The number of hydrogen-bond donors (Lipinski definition) is 0. The molecule has 0 amide bonds. The molecule has 2 atom stereocenters. The number of fused-ring (bicyclic) bond motifs is 9. The highest BCUT2D eigenvalue weighted by atomic mass is 32.1. The summed E-state index contributed by atoms with van der Waals surface area (Å²) in [6, 6.07) is 134. The maximum Gasteiger partial charge on any atom is 0.123 e. The number of anilines is 6. The maximum absolute atomic E-state index is 14.2.